The van der Waals surface area contributed by atoms with Gasteiger partial charge in [0.15, 0.2) is 0 Å². The van der Waals surface area contributed by atoms with Gasteiger partial charge in [-0.25, -0.2) is 0 Å². The van der Waals surface area contributed by atoms with Crippen molar-refractivity contribution in [1.82, 2.24) is 4.90 Å². The second kappa shape index (κ2) is 7.27. The van der Waals surface area contributed by atoms with Crippen LogP contribution in [0.4, 0.5) is 5.69 Å². The number of benzene rings is 2. The summed E-state index contributed by atoms with van der Waals surface area (Å²) in [5, 5.41) is 9.25. The average Bonchev–Trinajstić information content (AvgIpc) is 2.87. The highest BCUT2D eigenvalue weighted by molar-refractivity contribution is 6.21. The number of para-hydroxylation sites is 1. The summed E-state index contributed by atoms with van der Waals surface area (Å²) in [6.07, 6.45) is 0.653. The van der Waals surface area contributed by atoms with Gasteiger partial charge >= 0.3 is 0 Å². The third kappa shape index (κ3) is 3.16. The number of hydrogen-bond acceptors (Lipinski definition) is 4. The van der Waals surface area contributed by atoms with Crippen LogP contribution in [0.3, 0.4) is 0 Å². The van der Waals surface area contributed by atoms with Gasteiger partial charge in [-0.15, -0.1) is 0 Å². The number of carbonyl (C=O) groups is 2. The van der Waals surface area contributed by atoms with Crippen LogP contribution in [-0.4, -0.2) is 48.1 Å². The Morgan fingerprint density at radius 2 is 1.42 bits per heavy atom. The number of rotatable bonds is 7. The van der Waals surface area contributed by atoms with Crippen LogP contribution in [0.5, 0.6) is 0 Å². The normalized spacial score (nSPS) is 13.3. The number of imide groups is 1. The number of amides is 2. The molecule has 0 spiro atoms. The monoisotopic (exact) mass is 324 g/mol. The van der Waals surface area contributed by atoms with Crippen molar-refractivity contribution in [2.75, 3.05) is 31.1 Å². The van der Waals surface area contributed by atoms with Crippen molar-refractivity contribution >= 4 is 17.5 Å². The van der Waals surface area contributed by atoms with Gasteiger partial charge in [0.2, 0.25) is 0 Å². The van der Waals surface area contributed by atoms with E-state index < -0.39 is 0 Å². The lowest BCUT2D eigenvalue weighted by Crippen LogP contribution is -2.34. The Morgan fingerprint density at radius 3 is 2.00 bits per heavy atom. The van der Waals surface area contributed by atoms with Gasteiger partial charge < -0.3 is 10.0 Å². The number of anilines is 1. The Bertz CT molecular complexity index is 695. The van der Waals surface area contributed by atoms with E-state index in [0.29, 0.717) is 37.2 Å². The van der Waals surface area contributed by atoms with Crippen LogP contribution < -0.4 is 4.90 Å². The number of nitrogens with zero attached hydrogens (tertiary/aromatic N) is 2. The predicted octanol–water partition coefficient (Wildman–Crippen LogP) is 2.17. The van der Waals surface area contributed by atoms with Crippen molar-refractivity contribution in [3.8, 4) is 0 Å². The first kappa shape index (κ1) is 16.2. The molecule has 5 nitrogen and oxygen atoms in total. The largest absolute Gasteiger partial charge is 0.395 e. The van der Waals surface area contributed by atoms with Gasteiger partial charge in [0.05, 0.1) is 17.7 Å². The molecule has 0 saturated carbocycles. The van der Waals surface area contributed by atoms with Gasteiger partial charge in [-0.2, -0.15) is 0 Å². The molecular formula is C19H20N2O3. The Kier molecular flexibility index (Phi) is 4.91. The van der Waals surface area contributed by atoms with E-state index in [2.05, 4.69) is 4.90 Å². The minimum Gasteiger partial charge on any atom is -0.395 e. The minimum absolute atomic E-state index is 0.0575. The molecule has 2 amide bonds. The van der Waals surface area contributed by atoms with E-state index in [9.17, 15) is 14.7 Å². The molecule has 2 aromatic rings. The molecule has 0 unspecified atom stereocenters. The molecule has 24 heavy (non-hydrogen) atoms. The van der Waals surface area contributed by atoms with Crippen LogP contribution in [0.1, 0.15) is 27.1 Å². The Hall–Kier alpha value is -2.66. The molecule has 124 valence electrons. The zero-order valence-electron chi connectivity index (χ0n) is 13.4. The Labute approximate surface area is 141 Å². The number of aliphatic hydroxyl groups excluding tert-OH is 1. The molecule has 2 aromatic carbocycles. The molecule has 0 aromatic heterocycles. The fraction of sp³-hybridized carbons (Fsp3) is 0.263. The summed E-state index contributed by atoms with van der Waals surface area (Å²) < 4.78 is 0. The van der Waals surface area contributed by atoms with Crippen LogP contribution in [0, 0.1) is 0 Å². The maximum atomic E-state index is 12.3. The highest BCUT2D eigenvalue weighted by Gasteiger charge is 2.34. The first-order valence-electron chi connectivity index (χ1n) is 8.08. The van der Waals surface area contributed by atoms with Gasteiger partial charge in [-0.1, -0.05) is 30.3 Å². The van der Waals surface area contributed by atoms with E-state index in [1.807, 2.05) is 30.3 Å². The molecular weight excluding hydrogens is 304 g/mol. The summed E-state index contributed by atoms with van der Waals surface area (Å²) in [5.41, 5.74) is 1.99. The molecule has 0 radical (unpaired) electrons. The van der Waals surface area contributed by atoms with Crippen LogP contribution >= 0.6 is 0 Å². The summed E-state index contributed by atoms with van der Waals surface area (Å²) >= 11 is 0. The lowest BCUT2D eigenvalue weighted by molar-refractivity contribution is 0.0653. The smallest absolute Gasteiger partial charge is 0.261 e. The lowest BCUT2D eigenvalue weighted by Gasteiger charge is -2.25. The molecule has 0 bridgehead atoms. The topological polar surface area (TPSA) is 60.9 Å². The lowest BCUT2D eigenvalue weighted by atomic mass is 10.1. The maximum Gasteiger partial charge on any atom is 0.261 e. The summed E-state index contributed by atoms with van der Waals surface area (Å²) in [6.45, 7) is 1.62. The SMILES string of the molecule is O=C1c2ccccc2C(=O)N1CCCN(CCO)c1ccccc1. The van der Waals surface area contributed by atoms with Gasteiger partial charge in [0, 0.05) is 25.3 Å². The van der Waals surface area contributed by atoms with E-state index in [-0.39, 0.29) is 18.4 Å². The molecule has 1 N–H and O–H groups in total. The molecule has 1 heterocycles. The molecule has 0 saturated heterocycles. The van der Waals surface area contributed by atoms with Gasteiger partial charge in [0.1, 0.15) is 0 Å². The second-order valence-corrected chi connectivity index (χ2v) is 5.71. The molecule has 1 aliphatic rings. The number of aliphatic hydroxyl groups is 1. The molecule has 0 atom stereocenters. The zero-order valence-corrected chi connectivity index (χ0v) is 13.4. The Balaban J connectivity index is 1.62. The van der Waals surface area contributed by atoms with Crippen LogP contribution in [0.2, 0.25) is 0 Å². The van der Waals surface area contributed by atoms with E-state index in [4.69, 9.17) is 0 Å². The molecule has 5 heteroatoms. The second-order valence-electron chi connectivity index (χ2n) is 5.71. The van der Waals surface area contributed by atoms with Gasteiger partial charge in [0.25, 0.3) is 11.8 Å². The zero-order chi connectivity index (χ0) is 16.9. The number of hydrogen-bond donors (Lipinski definition) is 1. The van der Waals surface area contributed by atoms with Crippen LogP contribution in [0.15, 0.2) is 54.6 Å². The van der Waals surface area contributed by atoms with Crippen LogP contribution in [-0.2, 0) is 0 Å². The van der Waals surface area contributed by atoms with Gasteiger partial charge in [-0.05, 0) is 30.7 Å². The highest BCUT2D eigenvalue weighted by atomic mass is 16.3. The van der Waals surface area contributed by atoms with E-state index in [0.717, 1.165) is 5.69 Å². The van der Waals surface area contributed by atoms with E-state index in [1.54, 1.807) is 24.3 Å². The van der Waals surface area contributed by atoms with Crippen LogP contribution in [0.25, 0.3) is 0 Å². The predicted molar refractivity (Wildman–Crippen MR) is 92.2 cm³/mol. The molecule has 3 rings (SSSR count). The fourth-order valence-electron chi connectivity index (χ4n) is 2.99. The summed E-state index contributed by atoms with van der Waals surface area (Å²) in [7, 11) is 0. The first-order chi connectivity index (χ1) is 11.7. The van der Waals surface area contributed by atoms with Crippen molar-refractivity contribution in [1.29, 1.82) is 0 Å². The summed E-state index contributed by atoms with van der Waals surface area (Å²) in [6, 6.07) is 16.7. The number of carbonyl (C=O) groups excluding carboxylic acids is 2. The van der Waals surface area contributed by atoms with Crippen molar-refractivity contribution in [2.24, 2.45) is 0 Å². The molecule has 0 fully saturated rings. The summed E-state index contributed by atoms with van der Waals surface area (Å²) in [5.74, 6) is -0.437. The third-order valence-corrected chi connectivity index (χ3v) is 4.18. The average molecular weight is 324 g/mol. The molecule has 1 aliphatic heterocycles. The van der Waals surface area contributed by atoms with Crippen molar-refractivity contribution in [3.63, 3.8) is 0 Å². The fourth-order valence-corrected chi connectivity index (χ4v) is 2.99. The van der Waals surface area contributed by atoms with Crippen molar-refractivity contribution in [3.05, 3.63) is 65.7 Å². The Morgan fingerprint density at radius 1 is 0.833 bits per heavy atom. The maximum absolute atomic E-state index is 12.3. The summed E-state index contributed by atoms with van der Waals surface area (Å²) in [4.78, 5) is 28.0. The quantitative estimate of drug-likeness (QED) is 0.793. The van der Waals surface area contributed by atoms with E-state index >= 15 is 0 Å². The van der Waals surface area contributed by atoms with Crippen molar-refractivity contribution < 1.29 is 14.7 Å². The standard InChI is InChI=1S/C19H20N2O3/c22-14-13-20(15-7-2-1-3-8-15)11-6-12-21-18(23)16-9-4-5-10-17(16)19(21)24/h1-5,7-10,22H,6,11-14H2. The molecule has 0 aliphatic carbocycles. The number of fused-ring (bicyclic) bond motifs is 1. The van der Waals surface area contributed by atoms with Crippen molar-refractivity contribution in [2.45, 2.75) is 6.42 Å². The first-order valence-corrected chi connectivity index (χ1v) is 8.08. The minimum atomic E-state index is -0.219. The highest BCUT2D eigenvalue weighted by Crippen LogP contribution is 2.22. The van der Waals surface area contributed by atoms with Gasteiger partial charge in [-0.3, -0.25) is 14.5 Å². The third-order valence-electron chi connectivity index (χ3n) is 4.18. The van der Waals surface area contributed by atoms with E-state index in [1.165, 1.54) is 4.90 Å².